The van der Waals surface area contributed by atoms with Crippen LogP contribution in [0.15, 0.2) is 36.7 Å². The van der Waals surface area contributed by atoms with Crippen LogP contribution in [-0.2, 0) is 10.3 Å². The van der Waals surface area contributed by atoms with E-state index in [4.69, 9.17) is 4.55 Å². The van der Waals surface area contributed by atoms with Gasteiger partial charge in [0.15, 0.2) is 0 Å². The van der Waals surface area contributed by atoms with Crippen molar-refractivity contribution in [2.45, 2.75) is 0 Å². The van der Waals surface area contributed by atoms with Crippen LogP contribution < -0.4 is 0 Å². The van der Waals surface area contributed by atoms with Gasteiger partial charge in [0.2, 0.25) is 0 Å². The molecule has 1 N–H and O–H groups in total. The van der Waals surface area contributed by atoms with E-state index >= 15 is 0 Å². The molecule has 0 aliphatic heterocycles. The first kappa shape index (κ1) is 8.28. The summed E-state index contributed by atoms with van der Waals surface area (Å²) >= 11 is 0. The SMILES string of the molecule is O=S(=O)(O)n1cc2ccccc2c1. The fourth-order valence-electron chi connectivity index (χ4n) is 1.19. The van der Waals surface area contributed by atoms with Gasteiger partial charge in [-0.15, -0.1) is 0 Å². The maximum Gasteiger partial charge on any atom is 0.363 e. The van der Waals surface area contributed by atoms with Crippen LogP contribution in [0.2, 0.25) is 0 Å². The molecule has 0 fully saturated rings. The summed E-state index contributed by atoms with van der Waals surface area (Å²) in [6, 6.07) is 7.15. The van der Waals surface area contributed by atoms with Crippen molar-refractivity contribution in [3.63, 3.8) is 0 Å². The third-order valence-electron chi connectivity index (χ3n) is 1.80. The Balaban J connectivity index is 2.77. The van der Waals surface area contributed by atoms with E-state index in [1.807, 2.05) is 0 Å². The van der Waals surface area contributed by atoms with Crippen molar-refractivity contribution >= 4 is 21.1 Å². The summed E-state index contributed by atoms with van der Waals surface area (Å²) in [4.78, 5) is 0. The highest BCUT2D eigenvalue weighted by Gasteiger charge is 2.07. The molecule has 1 aromatic carbocycles. The molecule has 5 heteroatoms. The van der Waals surface area contributed by atoms with Crippen LogP contribution in [0.1, 0.15) is 0 Å². The van der Waals surface area contributed by atoms with E-state index < -0.39 is 10.3 Å². The molecule has 4 nitrogen and oxygen atoms in total. The Kier molecular flexibility index (Phi) is 1.64. The summed E-state index contributed by atoms with van der Waals surface area (Å²) in [6.07, 6.45) is 2.73. The zero-order chi connectivity index (χ0) is 9.47. The van der Waals surface area contributed by atoms with Crippen LogP contribution in [-0.4, -0.2) is 16.9 Å². The number of hydrogen-bond acceptors (Lipinski definition) is 2. The van der Waals surface area contributed by atoms with Gasteiger partial charge in [-0.05, 0) is 0 Å². The van der Waals surface area contributed by atoms with Gasteiger partial charge in [-0.2, -0.15) is 8.42 Å². The Morgan fingerprint density at radius 2 is 1.54 bits per heavy atom. The van der Waals surface area contributed by atoms with Gasteiger partial charge in [0.05, 0.1) is 0 Å². The highest BCUT2D eigenvalue weighted by molar-refractivity contribution is 7.84. The molecule has 0 bridgehead atoms. The van der Waals surface area contributed by atoms with Crippen LogP contribution in [0.25, 0.3) is 10.8 Å². The van der Waals surface area contributed by atoms with Gasteiger partial charge in [-0.3, -0.25) is 4.55 Å². The van der Waals surface area contributed by atoms with Crippen LogP contribution in [0.5, 0.6) is 0 Å². The van der Waals surface area contributed by atoms with Gasteiger partial charge in [0.25, 0.3) is 0 Å². The van der Waals surface area contributed by atoms with E-state index in [0.717, 1.165) is 14.7 Å². The quantitative estimate of drug-likeness (QED) is 0.701. The molecule has 0 atom stereocenters. The van der Waals surface area contributed by atoms with Crippen LogP contribution in [0, 0.1) is 0 Å². The summed E-state index contributed by atoms with van der Waals surface area (Å²) in [6.45, 7) is 0. The molecule has 0 aliphatic rings. The van der Waals surface area contributed by atoms with Crippen molar-refractivity contribution in [3.8, 4) is 0 Å². The second-order valence-corrected chi connectivity index (χ2v) is 4.01. The van der Waals surface area contributed by atoms with Crippen molar-refractivity contribution < 1.29 is 13.0 Å². The normalized spacial score (nSPS) is 12.1. The molecule has 0 spiro atoms. The lowest BCUT2D eigenvalue weighted by atomic mass is 10.2. The first-order valence-electron chi connectivity index (χ1n) is 3.62. The Morgan fingerprint density at radius 1 is 1.08 bits per heavy atom. The second-order valence-electron chi connectivity index (χ2n) is 2.69. The van der Waals surface area contributed by atoms with Gasteiger partial charge in [0, 0.05) is 23.2 Å². The van der Waals surface area contributed by atoms with E-state index in [-0.39, 0.29) is 0 Å². The molecule has 68 valence electrons. The van der Waals surface area contributed by atoms with E-state index in [1.165, 1.54) is 12.4 Å². The first-order valence-corrected chi connectivity index (χ1v) is 5.02. The minimum atomic E-state index is -4.15. The molecule has 1 heterocycles. The molecule has 0 unspecified atom stereocenters. The maximum absolute atomic E-state index is 10.7. The number of nitrogens with zero attached hydrogens (tertiary/aromatic N) is 1. The standard InChI is InChI=1S/C8H7NO3S/c10-13(11,12)9-5-7-3-1-2-4-8(7)6-9/h1-6H,(H,10,11,12). The summed E-state index contributed by atoms with van der Waals surface area (Å²) in [7, 11) is -4.15. The van der Waals surface area contributed by atoms with Crippen molar-refractivity contribution in [2.75, 3.05) is 0 Å². The molecular weight excluding hydrogens is 190 g/mol. The van der Waals surface area contributed by atoms with Gasteiger partial charge in [-0.25, -0.2) is 3.97 Å². The van der Waals surface area contributed by atoms with Crippen LogP contribution in [0.3, 0.4) is 0 Å². The third-order valence-corrected chi connectivity index (χ3v) is 2.54. The molecule has 13 heavy (non-hydrogen) atoms. The van der Waals surface area contributed by atoms with E-state index in [9.17, 15) is 8.42 Å². The zero-order valence-electron chi connectivity index (χ0n) is 6.58. The topological polar surface area (TPSA) is 59.3 Å². The molecule has 0 aliphatic carbocycles. The van der Waals surface area contributed by atoms with Crippen LogP contribution >= 0.6 is 0 Å². The maximum atomic E-state index is 10.7. The van der Waals surface area contributed by atoms with Crippen molar-refractivity contribution in [2.24, 2.45) is 0 Å². The first-order chi connectivity index (χ1) is 6.07. The lowest BCUT2D eigenvalue weighted by molar-refractivity contribution is 0.473. The summed E-state index contributed by atoms with van der Waals surface area (Å²) in [5.74, 6) is 0. The molecule has 0 amide bonds. The monoisotopic (exact) mass is 197 g/mol. The predicted octanol–water partition coefficient (Wildman–Crippen LogP) is 1.29. The molecule has 1 aromatic heterocycles. The van der Waals surface area contributed by atoms with E-state index in [0.29, 0.717) is 0 Å². The number of fused-ring (bicyclic) bond motifs is 1. The van der Waals surface area contributed by atoms with Gasteiger partial charge >= 0.3 is 10.3 Å². The lowest BCUT2D eigenvalue weighted by Crippen LogP contribution is -2.07. The Morgan fingerprint density at radius 3 is 1.92 bits per heavy atom. The highest BCUT2D eigenvalue weighted by atomic mass is 32.2. The fourth-order valence-corrected chi connectivity index (χ4v) is 1.68. The number of rotatable bonds is 1. The van der Waals surface area contributed by atoms with Crippen LogP contribution in [0.4, 0.5) is 0 Å². The third kappa shape index (κ3) is 1.43. The average Bonchev–Trinajstić information content (AvgIpc) is 2.45. The van der Waals surface area contributed by atoms with Crippen molar-refractivity contribution in [1.29, 1.82) is 0 Å². The predicted molar refractivity (Wildman–Crippen MR) is 48.9 cm³/mol. The minimum Gasteiger partial charge on any atom is -0.269 e. The summed E-state index contributed by atoms with van der Waals surface area (Å²) in [5.41, 5.74) is 0. The van der Waals surface area contributed by atoms with E-state index in [1.54, 1.807) is 24.3 Å². The van der Waals surface area contributed by atoms with Crippen molar-refractivity contribution in [1.82, 2.24) is 3.97 Å². The molecular formula is C8H7NO3S. The number of hydrogen-bond donors (Lipinski definition) is 1. The van der Waals surface area contributed by atoms with Gasteiger partial charge < -0.3 is 0 Å². The molecule has 0 saturated heterocycles. The Hall–Kier alpha value is -1.33. The van der Waals surface area contributed by atoms with Gasteiger partial charge in [0.1, 0.15) is 0 Å². The fraction of sp³-hybridized carbons (Fsp3) is 0. The van der Waals surface area contributed by atoms with Crippen molar-refractivity contribution in [3.05, 3.63) is 36.7 Å². The highest BCUT2D eigenvalue weighted by Crippen LogP contribution is 2.15. The Labute approximate surface area is 75.3 Å². The summed E-state index contributed by atoms with van der Waals surface area (Å²) < 4.78 is 31.0. The minimum absolute atomic E-state index is 0.778. The summed E-state index contributed by atoms with van der Waals surface area (Å²) in [5, 5.41) is 1.56. The molecule has 0 radical (unpaired) electrons. The molecule has 2 rings (SSSR count). The zero-order valence-corrected chi connectivity index (χ0v) is 7.40. The average molecular weight is 197 g/mol. The van der Waals surface area contributed by atoms with E-state index in [2.05, 4.69) is 0 Å². The number of benzene rings is 1. The second kappa shape index (κ2) is 2.58. The molecule has 2 aromatic rings. The largest absolute Gasteiger partial charge is 0.363 e. The lowest BCUT2D eigenvalue weighted by Gasteiger charge is -1.92. The molecule has 0 saturated carbocycles. The van der Waals surface area contributed by atoms with Gasteiger partial charge in [-0.1, -0.05) is 24.3 Å². The number of aromatic nitrogens is 1. The Bertz CT molecular complexity index is 508. The smallest absolute Gasteiger partial charge is 0.269 e.